The van der Waals surface area contributed by atoms with Crippen LogP contribution in [-0.2, 0) is 16.0 Å². The second-order valence-electron chi connectivity index (χ2n) is 6.45. The van der Waals surface area contributed by atoms with Crippen LogP contribution in [0.15, 0.2) is 71.1 Å². The molecule has 3 rings (SSSR count). The first-order valence-electron chi connectivity index (χ1n) is 9.57. The van der Waals surface area contributed by atoms with E-state index in [1.54, 1.807) is 24.3 Å². The molecule has 0 atom stereocenters. The van der Waals surface area contributed by atoms with Crippen LogP contribution in [0.1, 0.15) is 19.1 Å². The van der Waals surface area contributed by atoms with Crippen molar-refractivity contribution in [3.63, 3.8) is 0 Å². The summed E-state index contributed by atoms with van der Waals surface area (Å²) in [7, 11) is 0. The number of hydrogen-bond donors (Lipinski definition) is 2. The van der Waals surface area contributed by atoms with E-state index < -0.39 is 0 Å². The molecule has 3 aromatic rings. The van der Waals surface area contributed by atoms with Crippen LogP contribution in [0.4, 0.5) is 5.69 Å². The Hall–Kier alpha value is -3.54. The van der Waals surface area contributed by atoms with Gasteiger partial charge in [0, 0.05) is 36.7 Å². The first-order valence-corrected chi connectivity index (χ1v) is 9.57. The Labute approximate surface area is 169 Å². The van der Waals surface area contributed by atoms with Gasteiger partial charge in [0.1, 0.15) is 17.3 Å². The van der Waals surface area contributed by atoms with Crippen LogP contribution in [0.5, 0.6) is 5.75 Å². The molecule has 2 aromatic carbocycles. The molecule has 29 heavy (non-hydrogen) atoms. The summed E-state index contributed by atoms with van der Waals surface area (Å²) in [5, 5.41) is 5.51. The fourth-order valence-electron chi connectivity index (χ4n) is 2.79. The van der Waals surface area contributed by atoms with E-state index in [0.717, 1.165) is 17.1 Å². The molecule has 150 valence electrons. The molecule has 0 radical (unpaired) electrons. The van der Waals surface area contributed by atoms with Crippen LogP contribution in [-0.4, -0.2) is 25.0 Å². The summed E-state index contributed by atoms with van der Waals surface area (Å²) >= 11 is 0. The molecule has 6 nitrogen and oxygen atoms in total. The number of anilines is 1. The molecular weight excluding hydrogens is 368 g/mol. The second kappa shape index (κ2) is 10.1. The minimum atomic E-state index is -0.185. The highest BCUT2D eigenvalue weighted by molar-refractivity contribution is 5.91. The van der Waals surface area contributed by atoms with Gasteiger partial charge in [-0.15, -0.1) is 0 Å². The molecule has 0 unspecified atom stereocenters. The first kappa shape index (κ1) is 20.2. The maximum atomic E-state index is 12.3. The van der Waals surface area contributed by atoms with Crippen LogP contribution in [0.3, 0.4) is 0 Å². The highest BCUT2D eigenvalue weighted by Crippen LogP contribution is 2.23. The second-order valence-corrected chi connectivity index (χ2v) is 6.45. The van der Waals surface area contributed by atoms with Gasteiger partial charge in [-0.05, 0) is 31.2 Å². The van der Waals surface area contributed by atoms with Crippen LogP contribution in [0.25, 0.3) is 11.3 Å². The van der Waals surface area contributed by atoms with Crippen LogP contribution < -0.4 is 15.4 Å². The number of nitrogens with one attached hydrogen (secondary N) is 2. The van der Waals surface area contributed by atoms with Crippen molar-refractivity contribution in [1.29, 1.82) is 0 Å². The molecule has 0 saturated carbocycles. The van der Waals surface area contributed by atoms with E-state index in [1.165, 1.54) is 0 Å². The zero-order valence-corrected chi connectivity index (χ0v) is 16.3. The Morgan fingerprint density at radius 3 is 2.59 bits per heavy atom. The molecule has 0 aliphatic carbocycles. The minimum absolute atomic E-state index is 0.0620. The minimum Gasteiger partial charge on any atom is -0.484 e. The Balaban J connectivity index is 1.49. The van der Waals surface area contributed by atoms with Crippen molar-refractivity contribution in [3.8, 4) is 17.1 Å². The predicted octanol–water partition coefficient (Wildman–Crippen LogP) is 4.03. The van der Waals surface area contributed by atoms with E-state index in [-0.39, 0.29) is 18.4 Å². The summed E-state index contributed by atoms with van der Waals surface area (Å²) in [6.45, 7) is 2.34. The van der Waals surface area contributed by atoms with Crippen LogP contribution in [0, 0.1) is 0 Å². The van der Waals surface area contributed by atoms with Crippen molar-refractivity contribution in [2.75, 3.05) is 18.5 Å². The fraction of sp³-hybridized carbons (Fsp3) is 0.217. The smallest absolute Gasteiger partial charge is 0.257 e. The van der Waals surface area contributed by atoms with Crippen molar-refractivity contribution >= 4 is 17.5 Å². The summed E-state index contributed by atoms with van der Waals surface area (Å²) in [6.07, 6.45) is 0.803. The largest absolute Gasteiger partial charge is 0.484 e. The van der Waals surface area contributed by atoms with Gasteiger partial charge >= 0.3 is 0 Å². The summed E-state index contributed by atoms with van der Waals surface area (Å²) in [4.78, 5) is 23.7. The molecule has 6 heteroatoms. The Kier molecular flexibility index (Phi) is 7.05. The number of rotatable bonds is 9. The molecule has 0 bridgehead atoms. The number of likely N-dealkylation sites (N-methyl/N-ethyl adjacent to an activating group) is 1. The number of amides is 2. The maximum absolute atomic E-state index is 12.3. The monoisotopic (exact) mass is 392 g/mol. The third-order valence-corrected chi connectivity index (χ3v) is 4.18. The summed E-state index contributed by atoms with van der Waals surface area (Å²) in [5.41, 5.74) is 1.63. The lowest BCUT2D eigenvalue weighted by Gasteiger charge is -2.09. The van der Waals surface area contributed by atoms with Gasteiger partial charge in [-0.3, -0.25) is 9.59 Å². The SMILES string of the molecule is CCNC(=O)COc1cccc(NC(=O)CCc2ccc(-c3ccccc3)o2)c1. The van der Waals surface area contributed by atoms with Crippen LogP contribution >= 0.6 is 0 Å². The molecule has 0 aliphatic heterocycles. The molecule has 0 aliphatic rings. The molecule has 2 N–H and O–H groups in total. The summed E-state index contributed by atoms with van der Waals surface area (Å²) < 4.78 is 11.3. The van der Waals surface area contributed by atoms with E-state index in [4.69, 9.17) is 9.15 Å². The van der Waals surface area contributed by atoms with E-state index in [2.05, 4.69) is 10.6 Å². The maximum Gasteiger partial charge on any atom is 0.257 e. The summed E-state index contributed by atoms with van der Waals surface area (Å²) in [5.74, 6) is 1.77. The van der Waals surface area contributed by atoms with Gasteiger partial charge in [0.25, 0.3) is 5.91 Å². The number of carbonyl (C=O) groups excluding carboxylic acids is 2. The third-order valence-electron chi connectivity index (χ3n) is 4.18. The lowest BCUT2D eigenvalue weighted by Crippen LogP contribution is -2.28. The third kappa shape index (κ3) is 6.24. The highest BCUT2D eigenvalue weighted by atomic mass is 16.5. The summed E-state index contributed by atoms with van der Waals surface area (Å²) in [6, 6.07) is 20.6. The zero-order chi connectivity index (χ0) is 20.5. The highest BCUT2D eigenvalue weighted by Gasteiger charge is 2.09. The number of carbonyl (C=O) groups is 2. The number of hydrogen-bond acceptors (Lipinski definition) is 4. The lowest BCUT2D eigenvalue weighted by atomic mass is 10.2. The molecule has 2 amide bonds. The van der Waals surface area contributed by atoms with Gasteiger partial charge in [0.2, 0.25) is 5.91 Å². The Morgan fingerprint density at radius 2 is 1.79 bits per heavy atom. The van der Waals surface area contributed by atoms with Gasteiger partial charge in [-0.1, -0.05) is 36.4 Å². The number of ether oxygens (including phenoxy) is 1. The normalized spacial score (nSPS) is 10.4. The van der Waals surface area contributed by atoms with Crippen molar-refractivity contribution in [2.45, 2.75) is 19.8 Å². The van der Waals surface area contributed by atoms with Gasteiger partial charge in [-0.25, -0.2) is 0 Å². The predicted molar refractivity (Wildman–Crippen MR) is 112 cm³/mol. The van der Waals surface area contributed by atoms with Crippen molar-refractivity contribution < 1.29 is 18.7 Å². The number of benzene rings is 2. The Morgan fingerprint density at radius 1 is 0.966 bits per heavy atom. The number of aryl methyl sites for hydroxylation is 1. The van der Waals surface area contributed by atoms with Crippen molar-refractivity contribution in [2.24, 2.45) is 0 Å². The molecule has 0 spiro atoms. The average molecular weight is 392 g/mol. The van der Waals surface area contributed by atoms with Gasteiger partial charge in [-0.2, -0.15) is 0 Å². The van der Waals surface area contributed by atoms with Gasteiger partial charge < -0.3 is 19.8 Å². The van der Waals surface area contributed by atoms with E-state index in [1.807, 2.05) is 49.4 Å². The van der Waals surface area contributed by atoms with E-state index in [0.29, 0.717) is 30.8 Å². The van der Waals surface area contributed by atoms with Crippen molar-refractivity contribution in [3.05, 3.63) is 72.5 Å². The zero-order valence-electron chi connectivity index (χ0n) is 16.3. The van der Waals surface area contributed by atoms with Gasteiger partial charge in [0.15, 0.2) is 6.61 Å². The topological polar surface area (TPSA) is 80.6 Å². The molecule has 1 aromatic heterocycles. The van der Waals surface area contributed by atoms with Crippen LogP contribution in [0.2, 0.25) is 0 Å². The standard InChI is InChI=1S/C23H24N2O4/c1-2-24-23(27)16-28-20-10-6-9-18(15-20)25-22(26)14-12-19-11-13-21(29-19)17-7-4-3-5-8-17/h3-11,13,15H,2,12,14,16H2,1H3,(H,24,27)(H,25,26). The molecule has 0 fully saturated rings. The quantitative estimate of drug-likeness (QED) is 0.576. The van der Waals surface area contributed by atoms with Crippen molar-refractivity contribution in [1.82, 2.24) is 5.32 Å². The lowest BCUT2D eigenvalue weighted by molar-refractivity contribution is -0.123. The first-order chi connectivity index (χ1) is 14.1. The van der Waals surface area contributed by atoms with E-state index in [9.17, 15) is 9.59 Å². The average Bonchev–Trinajstić information content (AvgIpc) is 3.21. The fourth-order valence-corrected chi connectivity index (χ4v) is 2.79. The molecule has 0 saturated heterocycles. The molecule has 1 heterocycles. The molecular formula is C23H24N2O4. The number of furan rings is 1. The van der Waals surface area contributed by atoms with E-state index >= 15 is 0 Å². The van der Waals surface area contributed by atoms with Gasteiger partial charge in [0.05, 0.1) is 0 Å². The Bertz CT molecular complexity index is 950.